The van der Waals surface area contributed by atoms with E-state index in [2.05, 4.69) is 29.3 Å². The Kier molecular flexibility index (Phi) is 6.21. The molecule has 1 aromatic rings. The number of ether oxygens (including phenoxy) is 1. The topological polar surface area (TPSA) is 61.8 Å². The number of benzene rings is 1. The van der Waals surface area contributed by atoms with Crippen LogP contribution in [0.2, 0.25) is 0 Å². The van der Waals surface area contributed by atoms with Gasteiger partial charge < -0.3 is 15.2 Å². The largest absolute Gasteiger partial charge is 0.496 e. The first kappa shape index (κ1) is 16.8. The molecule has 0 amide bonds. The zero-order valence-electron chi connectivity index (χ0n) is 13.5. The molecule has 1 fully saturated rings. The number of carboxylic acid groups (broad SMARTS) is 1. The standard InChI is InChI=1S/C17H26N2O3/c1-13-5-3-4-8-19(13)12-14-6-7-15(16(9-14)22-2)10-18-11-17(20)21/h6-7,9,13,18H,3-5,8,10-12H2,1-2H3,(H,20,21). The van der Waals surface area contributed by atoms with Crippen LogP contribution >= 0.6 is 0 Å². The van der Waals surface area contributed by atoms with Gasteiger partial charge in [0.25, 0.3) is 0 Å². The van der Waals surface area contributed by atoms with Crippen molar-refractivity contribution in [2.75, 3.05) is 20.2 Å². The number of nitrogens with one attached hydrogen (secondary N) is 1. The van der Waals surface area contributed by atoms with E-state index in [1.54, 1.807) is 7.11 Å². The van der Waals surface area contributed by atoms with Crippen LogP contribution in [0.3, 0.4) is 0 Å². The van der Waals surface area contributed by atoms with Crippen LogP contribution in [-0.4, -0.2) is 42.2 Å². The van der Waals surface area contributed by atoms with Crippen LogP contribution in [0, 0.1) is 0 Å². The summed E-state index contributed by atoms with van der Waals surface area (Å²) in [5.74, 6) is -0.0327. The summed E-state index contributed by atoms with van der Waals surface area (Å²) < 4.78 is 5.45. The minimum Gasteiger partial charge on any atom is -0.496 e. The van der Waals surface area contributed by atoms with Crippen molar-refractivity contribution < 1.29 is 14.6 Å². The SMILES string of the molecule is COc1cc(CN2CCCCC2C)ccc1CNCC(=O)O. The predicted molar refractivity (Wildman–Crippen MR) is 86.1 cm³/mol. The average Bonchev–Trinajstić information content (AvgIpc) is 2.50. The van der Waals surface area contributed by atoms with Crippen molar-refractivity contribution in [3.63, 3.8) is 0 Å². The molecule has 122 valence electrons. The minimum absolute atomic E-state index is 0.0454. The first-order valence-electron chi connectivity index (χ1n) is 7.92. The minimum atomic E-state index is -0.852. The van der Waals surface area contributed by atoms with Gasteiger partial charge in [-0.05, 0) is 37.9 Å². The van der Waals surface area contributed by atoms with Crippen molar-refractivity contribution >= 4 is 5.97 Å². The molecular formula is C17H26N2O3. The molecule has 1 heterocycles. The van der Waals surface area contributed by atoms with Crippen LogP contribution in [0.1, 0.15) is 37.3 Å². The second kappa shape index (κ2) is 8.15. The molecular weight excluding hydrogens is 280 g/mol. The molecule has 1 unspecified atom stereocenters. The van der Waals surface area contributed by atoms with E-state index in [1.165, 1.54) is 24.8 Å². The number of methoxy groups -OCH3 is 1. The molecule has 1 saturated heterocycles. The molecule has 0 bridgehead atoms. The Morgan fingerprint density at radius 3 is 2.95 bits per heavy atom. The molecule has 0 aromatic heterocycles. The third-order valence-corrected chi connectivity index (χ3v) is 4.27. The van der Waals surface area contributed by atoms with Gasteiger partial charge in [0.1, 0.15) is 5.75 Å². The molecule has 1 atom stereocenters. The molecule has 1 aliphatic rings. The van der Waals surface area contributed by atoms with Crippen LogP contribution in [-0.2, 0) is 17.9 Å². The van der Waals surface area contributed by atoms with Gasteiger partial charge in [0.2, 0.25) is 0 Å². The number of hydrogen-bond acceptors (Lipinski definition) is 4. The van der Waals surface area contributed by atoms with Gasteiger partial charge in [0.15, 0.2) is 0 Å². The molecule has 22 heavy (non-hydrogen) atoms. The highest BCUT2D eigenvalue weighted by atomic mass is 16.5. The zero-order chi connectivity index (χ0) is 15.9. The van der Waals surface area contributed by atoms with Gasteiger partial charge in [-0.3, -0.25) is 9.69 Å². The van der Waals surface area contributed by atoms with Crippen molar-refractivity contribution in [3.8, 4) is 5.75 Å². The second-order valence-electron chi connectivity index (χ2n) is 5.96. The second-order valence-corrected chi connectivity index (χ2v) is 5.96. The van der Waals surface area contributed by atoms with E-state index in [1.807, 2.05) is 6.07 Å². The molecule has 1 aromatic carbocycles. The lowest BCUT2D eigenvalue weighted by molar-refractivity contribution is -0.136. The molecule has 5 heteroatoms. The van der Waals surface area contributed by atoms with Crippen molar-refractivity contribution in [1.29, 1.82) is 0 Å². The number of rotatable bonds is 7. The quantitative estimate of drug-likeness (QED) is 0.809. The number of likely N-dealkylation sites (tertiary alicyclic amines) is 1. The van der Waals surface area contributed by atoms with E-state index in [0.29, 0.717) is 12.6 Å². The maximum atomic E-state index is 10.6. The monoisotopic (exact) mass is 306 g/mol. The van der Waals surface area contributed by atoms with Crippen LogP contribution in [0.5, 0.6) is 5.75 Å². The van der Waals surface area contributed by atoms with Crippen LogP contribution < -0.4 is 10.1 Å². The van der Waals surface area contributed by atoms with E-state index < -0.39 is 5.97 Å². The van der Waals surface area contributed by atoms with E-state index in [0.717, 1.165) is 24.4 Å². The number of carbonyl (C=O) groups is 1. The summed E-state index contributed by atoms with van der Waals surface area (Å²) in [5, 5.41) is 11.6. The number of carboxylic acids is 1. The average molecular weight is 306 g/mol. The lowest BCUT2D eigenvalue weighted by atomic mass is 10.0. The highest BCUT2D eigenvalue weighted by molar-refractivity contribution is 5.69. The molecule has 0 aliphatic carbocycles. The fourth-order valence-corrected chi connectivity index (χ4v) is 2.96. The molecule has 0 spiro atoms. The lowest BCUT2D eigenvalue weighted by Gasteiger charge is -2.33. The maximum absolute atomic E-state index is 10.6. The molecule has 1 aliphatic heterocycles. The van der Waals surface area contributed by atoms with Gasteiger partial charge in [0.05, 0.1) is 13.7 Å². The molecule has 2 N–H and O–H groups in total. The zero-order valence-corrected chi connectivity index (χ0v) is 13.5. The third-order valence-electron chi connectivity index (χ3n) is 4.27. The summed E-state index contributed by atoms with van der Waals surface area (Å²) in [6.45, 7) is 4.85. The smallest absolute Gasteiger partial charge is 0.317 e. The Balaban J connectivity index is 1.99. The van der Waals surface area contributed by atoms with Crippen LogP contribution in [0.25, 0.3) is 0 Å². The molecule has 0 saturated carbocycles. The van der Waals surface area contributed by atoms with Gasteiger partial charge >= 0.3 is 5.97 Å². The Labute approximate surface area is 132 Å². The van der Waals surface area contributed by atoms with Gasteiger partial charge in [-0.15, -0.1) is 0 Å². The number of aliphatic carboxylic acids is 1. The Hall–Kier alpha value is -1.59. The highest BCUT2D eigenvalue weighted by Crippen LogP contribution is 2.24. The van der Waals surface area contributed by atoms with Gasteiger partial charge in [-0.2, -0.15) is 0 Å². The van der Waals surface area contributed by atoms with E-state index in [4.69, 9.17) is 9.84 Å². The number of hydrogen-bond donors (Lipinski definition) is 2. The van der Waals surface area contributed by atoms with E-state index in [-0.39, 0.29) is 6.54 Å². The predicted octanol–water partition coefficient (Wildman–Crippen LogP) is 2.24. The van der Waals surface area contributed by atoms with Crippen molar-refractivity contribution in [3.05, 3.63) is 29.3 Å². The van der Waals surface area contributed by atoms with E-state index >= 15 is 0 Å². The summed E-state index contributed by atoms with van der Waals surface area (Å²) in [5.41, 5.74) is 2.23. The first-order chi connectivity index (χ1) is 10.6. The lowest BCUT2D eigenvalue weighted by Crippen LogP contribution is -2.36. The third kappa shape index (κ3) is 4.71. The number of nitrogens with zero attached hydrogens (tertiary/aromatic N) is 1. The van der Waals surface area contributed by atoms with Crippen molar-refractivity contribution in [2.24, 2.45) is 0 Å². The fourth-order valence-electron chi connectivity index (χ4n) is 2.96. The Morgan fingerprint density at radius 2 is 2.27 bits per heavy atom. The molecule has 2 rings (SSSR count). The van der Waals surface area contributed by atoms with Gasteiger partial charge in [-0.25, -0.2) is 0 Å². The summed E-state index contributed by atoms with van der Waals surface area (Å²) >= 11 is 0. The van der Waals surface area contributed by atoms with Crippen molar-refractivity contribution in [2.45, 2.75) is 45.3 Å². The normalized spacial score (nSPS) is 19.1. The van der Waals surface area contributed by atoms with Crippen molar-refractivity contribution in [1.82, 2.24) is 10.2 Å². The maximum Gasteiger partial charge on any atom is 0.317 e. The number of piperidine rings is 1. The van der Waals surface area contributed by atoms with Gasteiger partial charge in [0, 0.05) is 24.7 Å². The Bertz CT molecular complexity index is 505. The first-order valence-corrected chi connectivity index (χ1v) is 7.92. The Morgan fingerprint density at radius 1 is 1.45 bits per heavy atom. The molecule has 5 nitrogen and oxygen atoms in total. The summed E-state index contributed by atoms with van der Waals surface area (Å²) in [6, 6.07) is 6.84. The molecule has 0 radical (unpaired) electrons. The summed E-state index contributed by atoms with van der Waals surface area (Å²) in [4.78, 5) is 13.1. The van der Waals surface area contributed by atoms with Crippen LogP contribution in [0.15, 0.2) is 18.2 Å². The van der Waals surface area contributed by atoms with E-state index in [9.17, 15) is 4.79 Å². The fraction of sp³-hybridized carbons (Fsp3) is 0.588. The highest BCUT2D eigenvalue weighted by Gasteiger charge is 2.18. The summed E-state index contributed by atoms with van der Waals surface area (Å²) in [7, 11) is 1.66. The van der Waals surface area contributed by atoms with Gasteiger partial charge in [-0.1, -0.05) is 18.6 Å². The van der Waals surface area contributed by atoms with Crippen LogP contribution in [0.4, 0.5) is 0 Å². The summed E-state index contributed by atoms with van der Waals surface area (Å²) in [6.07, 6.45) is 3.88.